The molecule has 1 atom stereocenters. The molecule has 0 saturated carbocycles. The van der Waals surface area contributed by atoms with Crippen LogP contribution in [0.2, 0.25) is 0 Å². The van der Waals surface area contributed by atoms with Crippen LogP contribution in [-0.2, 0) is 16.4 Å². The third-order valence-electron chi connectivity index (χ3n) is 3.43. The Morgan fingerprint density at radius 3 is 2.65 bits per heavy atom. The lowest BCUT2D eigenvalue weighted by Gasteiger charge is -2.26. The van der Waals surface area contributed by atoms with Crippen molar-refractivity contribution in [3.8, 4) is 0 Å². The van der Waals surface area contributed by atoms with E-state index >= 15 is 0 Å². The molecule has 1 aliphatic rings. The van der Waals surface area contributed by atoms with Gasteiger partial charge in [-0.2, -0.15) is 0 Å². The van der Waals surface area contributed by atoms with E-state index in [4.69, 9.17) is 12.2 Å². The number of thiocarbonyl (C=S) groups is 1. The lowest BCUT2D eigenvalue weighted by Crippen LogP contribution is -2.43. The standard InChI is InChI=1S/C13H17FN2O2S2/c1-16(12-6-7-20(17,18)9-12)13(19)15-8-10-2-4-11(14)5-3-10/h2-5,12H,6-9H2,1H3,(H,15,19)/t12-/m1/s1. The van der Waals surface area contributed by atoms with Crippen molar-refractivity contribution in [1.29, 1.82) is 0 Å². The van der Waals surface area contributed by atoms with Crippen molar-refractivity contribution in [2.24, 2.45) is 0 Å². The molecule has 0 unspecified atom stereocenters. The van der Waals surface area contributed by atoms with Gasteiger partial charge in [-0.05, 0) is 36.3 Å². The van der Waals surface area contributed by atoms with Crippen molar-refractivity contribution in [2.75, 3.05) is 18.6 Å². The van der Waals surface area contributed by atoms with Crippen LogP contribution in [0.25, 0.3) is 0 Å². The van der Waals surface area contributed by atoms with Crippen molar-refractivity contribution >= 4 is 27.2 Å². The third-order valence-corrected chi connectivity index (χ3v) is 5.62. The van der Waals surface area contributed by atoms with Gasteiger partial charge in [0.2, 0.25) is 0 Å². The fourth-order valence-corrected chi connectivity index (χ4v) is 4.15. The van der Waals surface area contributed by atoms with Gasteiger partial charge < -0.3 is 10.2 Å². The van der Waals surface area contributed by atoms with E-state index in [2.05, 4.69) is 5.32 Å². The van der Waals surface area contributed by atoms with Gasteiger partial charge in [0.25, 0.3) is 0 Å². The van der Waals surface area contributed by atoms with Crippen molar-refractivity contribution in [2.45, 2.75) is 19.0 Å². The smallest absolute Gasteiger partial charge is 0.169 e. The number of rotatable bonds is 3. The van der Waals surface area contributed by atoms with Gasteiger partial charge in [-0.25, -0.2) is 12.8 Å². The first-order chi connectivity index (χ1) is 9.37. The molecule has 1 N–H and O–H groups in total. The summed E-state index contributed by atoms with van der Waals surface area (Å²) in [7, 11) is -1.12. The van der Waals surface area contributed by atoms with Gasteiger partial charge in [-0.3, -0.25) is 0 Å². The molecule has 1 aromatic rings. The Morgan fingerprint density at radius 2 is 2.10 bits per heavy atom. The Balaban J connectivity index is 1.87. The Labute approximate surface area is 123 Å². The molecule has 4 nitrogen and oxygen atoms in total. The zero-order chi connectivity index (χ0) is 14.8. The molecule has 0 bridgehead atoms. The van der Waals surface area contributed by atoms with Crippen molar-refractivity contribution in [1.82, 2.24) is 10.2 Å². The van der Waals surface area contributed by atoms with Crippen LogP contribution in [0.15, 0.2) is 24.3 Å². The quantitative estimate of drug-likeness (QED) is 0.852. The van der Waals surface area contributed by atoms with E-state index in [0.29, 0.717) is 18.1 Å². The minimum absolute atomic E-state index is 0.0618. The van der Waals surface area contributed by atoms with Crippen LogP contribution in [0.4, 0.5) is 4.39 Å². The molecule has 1 aromatic carbocycles. The summed E-state index contributed by atoms with van der Waals surface area (Å²) in [6.07, 6.45) is 0.608. The van der Waals surface area contributed by atoms with Gasteiger partial charge in [0.05, 0.1) is 11.5 Å². The molecule has 1 heterocycles. The molecule has 0 aliphatic carbocycles. The average Bonchev–Trinajstić information content (AvgIpc) is 2.77. The highest BCUT2D eigenvalue weighted by Crippen LogP contribution is 2.16. The van der Waals surface area contributed by atoms with E-state index in [-0.39, 0.29) is 23.4 Å². The van der Waals surface area contributed by atoms with E-state index in [1.807, 2.05) is 0 Å². The molecule has 0 aromatic heterocycles. The first-order valence-electron chi connectivity index (χ1n) is 6.33. The molecule has 2 rings (SSSR count). The van der Waals surface area contributed by atoms with E-state index in [1.165, 1.54) is 12.1 Å². The lowest BCUT2D eigenvalue weighted by molar-refractivity contribution is 0.390. The van der Waals surface area contributed by atoms with E-state index < -0.39 is 9.84 Å². The van der Waals surface area contributed by atoms with Gasteiger partial charge in [-0.1, -0.05) is 12.1 Å². The predicted octanol–water partition coefficient (Wildman–Crippen LogP) is 1.32. The van der Waals surface area contributed by atoms with Gasteiger partial charge in [0, 0.05) is 19.6 Å². The number of benzene rings is 1. The molecular formula is C13H17FN2O2S2. The summed E-state index contributed by atoms with van der Waals surface area (Å²) in [6, 6.07) is 6.10. The van der Waals surface area contributed by atoms with Gasteiger partial charge in [-0.15, -0.1) is 0 Å². The molecule has 7 heteroatoms. The number of sulfone groups is 1. The topological polar surface area (TPSA) is 49.4 Å². The summed E-state index contributed by atoms with van der Waals surface area (Å²) in [6.45, 7) is 0.489. The van der Waals surface area contributed by atoms with Crippen LogP contribution in [0.5, 0.6) is 0 Å². The number of nitrogens with one attached hydrogen (secondary N) is 1. The molecule has 1 aliphatic heterocycles. The maximum atomic E-state index is 12.8. The highest BCUT2D eigenvalue weighted by atomic mass is 32.2. The summed E-state index contributed by atoms with van der Waals surface area (Å²) >= 11 is 5.26. The van der Waals surface area contributed by atoms with Gasteiger partial charge in [0.15, 0.2) is 14.9 Å². The van der Waals surface area contributed by atoms with Crippen LogP contribution in [0.3, 0.4) is 0 Å². The normalized spacial score (nSPS) is 20.6. The van der Waals surface area contributed by atoms with Crippen molar-refractivity contribution in [3.05, 3.63) is 35.6 Å². The molecule has 110 valence electrons. The second kappa shape index (κ2) is 6.05. The molecule has 1 saturated heterocycles. The summed E-state index contributed by atoms with van der Waals surface area (Å²) in [5, 5.41) is 3.57. The van der Waals surface area contributed by atoms with Crippen molar-refractivity contribution < 1.29 is 12.8 Å². The molecular weight excluding hydrogens is 299 g/mol. The summed E-state index contributed by atoms with van der Waals surface area (Å²) in [5.74, 6) is 0.106. The second-order valence-corrected chi connectivity index (χ2v) is 7.57. The minimum Gasteiger partial charge on any atom is -0.358 e. The first-order valence-corrected chi connectivity index (χ1v) is 8.56. The minimum atomic E-state index is -2.92. The Hall–Kier alpha value is -1.21. The Bertz CT molecular complexity index is 587. The third kappa shape index (κ3) is 3.89. The van der Waals surface area contributed by atoms with Crippen LogP contribution in [-0.4, -0.2) is 43.0 Å². The zero-order valence-electron chi connectivity index (χ0n) is 11.2. The second-order valence-electron chi connectivity index (χ2n) is 4.95. The van der Waals surface area contributed by atoms with Crippen molar-refractivity contribution in [3.63, 3.8) is 0 Å². The van der Waals surface area contributed by atoms with Crippen LogP contribution >= 0.6 is 12.2 Å². The number of hydrogen-bond acceptors (Lipinski definition) is 3. The maximum absolute atomic E-state index is 12.8. The van der Waals surface area contributed by atoms with E-state index in [9.17, 15) is 12.8 Å². The number of hydrogen-bond donors (Lipinski definition) is 1. The van der Waals surface area contributed by atoms with E-state index in [0.717, 1.165) is 5.56 Å². The van der Waals surface area contributed by atoms with Gasteiger partial charge >= 0.3 is 0 Å². The van der Waals surface area contributed by atoms with Gasteiger partial charge in [0.1, 0.15) is 5.82 Å². The summed E-state index contributed by atoms with van der Waals surface area (Å²) in [5.41, 5.74) is 0.918. The average molecular weight is 316 g/mol. The molecule has 0 radical (unpaired) electrons. The molecule has 0 amide bonds. The summed E-state index contributed by atoms with van der Waals surface area (Å²) in [4.78, 5) is 1.80. The fourth-order valence-electron chi connectivity index (χ4n) is 2.15. The highest BCUT2D eigenvalue weighted by molar-refractivity contribution is 7.91. The van der Waals surface area contributed by atoms with E-state index in [1.54, 1.807) is 24.1 Å². The largest absolute Gasteiger partial charge is 0.358 e. The first kappa shape index (κ1) is 15.2. The summed E-state index contributed by atoms with van der Waals surface area (Å²) < 4.78 is 35.7. The highest BCUT2D eigenvalue weighted by Gasteiger charge is 2.31. The molecule has 1 fully saturated rings. The maximum Gasteiger partial charge on any atom is 0.169 e. The number of nitrogens with zero attached hydrogens (tertiary/aromatic N) is 1. The monoisotopic (exact) mass is 316 g/mol. The van der Waals surface area contributed by atoms with Crippen LogP contribution in [0, 0.1) is 5.82 Å². The Kier molecular flexibility index (Phi) is 4.59. The number of halogens is 1. The zero-order valence-corrected chi connectivity index (χ0v) is 12.8. The Morgan fingerprint density at radius 1 is 1.45 bits per heavy atom. The SMILES string of the molecule is CN(C(=S)NCc1ccc(F)cc1)[C@@H]1CCS(=O)(=O)C1. The predicted molar refractivity (Wildman–Crippen MR) is 80.7 cm³/mol. The van der Waals surface area contributed by atoms with Crippen LogP contribution in [0.1, 0.15) is 12.0 Å². The lowest BCUT2D eigenvalue weighted by atomic mass is 10.2. The molecule has 0 spiro atoms. The van der Waals surface area contributed by atoms with Crippen LogP contribution < -0.4 is 5.32 Å². The fraction of sp³-hybridized carbons (Fsp3) is 0.462. The molecule has 20 heavy (non-hydrogen) atoms.